The number of aliphatic imine (C=N–C) groups is 1. The number of hydrogen-bond donors (Lipinski definition) is 1. The van der Waals surface area contributed by atoms with Crippen LogP contribution in [0.4, 0.5) is 11.4 Å². The number of allylic oxidation sites excluding steroid dienone is 5. The molecule has 0 saturated heterocycles. The maximum atomic E-state index is 9.20. The summed E-state index contributed by atoms with van der Waals surface area (Å²) in [6, 6.07) is 13.5. The molecule has 164 valence electrons. The zero-order valence-electron chi connectivity index (χ0n) is 19.4. The van der Waals surface area contributed by atoms with E-state index in [4.69, 9.17) is 9.73 Å². The van der Waals surface area contributed by atoms with Crippen LogP contribution in [0.1, 0.15) is 43.9 Å². The van der Waals surface area contributed by atoms with E-state index in [1.54, 1.807) is 25.3 Å². The smallest absolute Gasteiger partial charge is 0.124 e. The Morgan fingerprint density at radius 3 is 2.69 bits per heavy atom. The summed E-state index contributed by atoms with van der Waals surface area (Å²) in [6.45, 7) is 14.2. The van der Waals surface area contributed by atoms with Gasteiger partial charge in [-0.15, -0.1) is 0 Å². The van der Waals surface area contributed by atoms with Gasteiger partial charge in [-0.3, -0.25) is 4.99 Å². The number of benzene rings is 2. The molecule has 0 bridgehead atoms. The highest BCUT2D eigenvalue weighted by Gasteiger charge is 2.14. The highest BCUT2D eigenvalue weighted by Crippen LogP contribution is 2.35. The number of anilines is 1. The average molecular weight is 426 g/mol. The third-order valence-electron chi connectivity index (χ3n) is 4.92. The van der Waals surface area contributed by atoms with Crippen LogP contribution in [-0.2, 0) is 6.42 Å². The Kier molecular flexibility index (Phi) is 9.25. The predicted molar refractivity (Wildman–Crippen MR) is 137 cm³/mol. The number of ether oxygens (including phenoxy) is 1. The van der Waals surface area contributed by atoms with Crippen LogP contribution in [-0.4, -0.2) is 12.8 Å². The molecule has 2 rings (SSSR count). The number of nitrogens with zero attached hydrogens (tertiary/aromatic N) is 2. The monoisotopic (exact) mass is 425 g/mol. The second kappa shape index (κ2) is 12.1. The molecule has 32 heavy (non-hydrogen) atoms. The minimum atomic E-state index is 0.586. The number of rotatable bonds is 10. The van der Waals surface area contributed by atoms with Crippen LogP contribution in [0.25, 0.3) is 5.70 Å². The summed E-state index contributed by atoms with van der Waals surface area (Å²) in [7, 11) is 1.68. The topological polar surface area (TPSA) is 57.4 Å². The zero-order valence-corrected chi connectivity index (χ0v) is 19.4. The van der Waals surface area contributed by atoms with Crippen molar-refractivity contribution >= 4 is 22.8 Å². The van der Waals surface area contributed by atoms with Crippen molar-refractivity contribution in [2.75, 3.05) is 12.4 Å². The van der Waals surface area contributed by atoms with Crippen molar-refractivity contribution in [3.05, 3.63) is 96.1 Å². The van der Waals surface area contributed by atoms with E-state index in [-0.39, 0.29) is 0 Å². The first-order chi connectivity index (χ1) is 15.5. The van der Waals surface area contributed by atoms with Crippen molar-refractivity contribution in [1.29, 1.82) is 5.26 Å². The summed E-state index contributed by atoms with van der Waals surface area (Å²) < 4.78 is 5.65. The van der Waals surface area contributed by atoms with Gasteiger partial charge in [-0.25, -0.2) is 0 Å². The summed E-state index contributed by atoms with van der Waals surface area (Å²) in [4.78, 5) is 4.90. The van der Waals surface area contributed by atoms with Crippen molar-refractivity contribution in [3.8, 4) is 11.8 Å². The van der Waals surface area contributed by atoms with Gasteiger partial charge in [0.05, 0.1) is 24.4 Å². The van der Waals surface area contributed by atoms with Crippen molar-refractivity contribution < 1.29 is 4.74 Å². The van der Waals surface area contributed by atoms with Gasteiger partial charge in [-0.1, -0.05) is 56.9 Å². The van der Waals surface area contributed by atoms with Crippen LogP contribution in [0.3, 0.4) is 0 Å². The largest absolute Gasteiger partial charge is 0.496 e. The van der Waals surface area contributed by atoms with E-state index >= 15 is 0 Å². The SMILES string of the molecule is C=C/C(=C\C=C/C)C(C)=Nc1cc(OC)c(CCC)cc1C(=C)Nc1cccc(C#N)c1. The first-order valence-corrected chi connectivity index (χ1v) is 10.7. The van der Waals surface area contributed by atoms with Gasteiger partial charge in [-0.2, -0.15) is 5.26 Å². The van der Waals surface area contributed by atoms with Crippen LogP contribution >= 0.6 is 0 Å². The van der Waals surface area contributed by atoms with Crippen molar-refractivity contribution in [2.24, 2.45) is 4.99 Å². The molecular formula is C28H31N3O. The van der Waals surface area contributed by atoms with Crippen LogP contribution in [0.15, 0.2) is 84.4 Å². The van der Waals surface area contributed by atoms with E-state index in [9.17, 15) is 5.26 Å². The fourth-order valence-corrected chi connectivity index (χ4v) is 3.29. The van der Waals surface area contributed by atoms with Crippen molar-refractivity contribution in [1.82, 2.24) is 0 Å². The molecule has 0 aliphatic rings. The number of methoxy groups -OCH3 is 1. The molecule has 0 aliphatic carbocycles. The Hall–Kier alpha value is -3.84. The third kappa shape index (κ3) is 6.33. The predicted octanol–water partition coefficient (Wildman–Crippen LogP) is 7.38. The van der Waals surface area contributed by atoms with Crippen LogP contribution < -0.4 is 10.1 Å². The Labute approximate surface area is 192 Å². The lowest BCUT2D eigenvalue weighted by Gasteiger charge is -2.17. The van der Waals surface area contributed by atoms with Crippen LogP contribution in [0.5, 0.6) is 5.75 Å². The molecule has 2 aromatic rings. The second-order valence-corrected chi connectivity index (χ2v) is 7.28. The Morgan fingerprint density at radius 2 is 2.06 bits per heavy atom. The lowest BCUT2D eigenvalue weighted by atomic mass is 10.0. The third-order valence-corrected chi connectivity index (χ3v) is 4.92. The Bertz CT molecular complexity index is 1110. The van der Waals surface area contributed by atoms with E-state index in [1.165, 1.54) is 0 Å². The molecule has 4 heteroatoms. The molecule has 0 amide bonds. The molecular weight excluding hydrogens is 394 g/mol. The number of hydrogen-bond acceptors (Lipinski definition) is 4. The number of nitrogens with one attached hydrogen (secondary N) is 1. The quantitative estimate of drug-likeness (QED) is 0.319. The molecule has 0 spiro atoms. The summed E-state index contributed by atoms with van der Waals surface area (Å²) >= 11 is 0. The van der Waals surface area contributed by atoms with Gasteiger partial charge in [-0.05, 0) is 55.7 Å². The Balaban J connectivity index is 2.58. The highest BCUT2D eigenvalue weighted by atomic mass is 16.5. The molecule has 0 unspecified atom stereocenters. The molecule has 0 heterocycles. The van der Waals surface area contributed by atoms with Gasteiger partial charge in [0.15, 0.2) is 0 Å². The van der Waals surface area contributed by atoms with Gasteiger partial charge < -0.3 is 10.1 Å². The molecule has 2 aromatic carbocycles. The normalized spacial score (nSPS) is 11.8. The van der Waals surface area contributed by atoms with Gasteiger partial charge >= 0.3 is 0 Å². The standard InChI is InChI=1S/C28H31N3O/c1-7-10-14-23(9-3)20(4)31-27-18-28(32-6)24(12-8-2)17-26(27)21(5)30-25-15-11-13-22(16-25)19-29/h7,9-11,13-18,30H,3,5,8,12H2,1-2,4,6H3/b10-7-,23-14+,31-20?. The van der Waals surface area contributed by atoms with Crippen molar-refractivity contribution in [3.63, 3.8) is 0 Å². The first-order valence-electron chi connectivity index (χ1n) is 10.7. The summed E-state index contributed by atoms with van der Waals surface area (Å²) in [5.74, 6) is 0.805. The van der Waals surface area contributed by atoms with E-state index in [1.807, 2.05) is 50.3 Å². The maximum Gasteiger partial charge on any atom is 0.124 e. The highest BCUT2D eigenvalue weighted by molar-refractivity contribution is 6.03. The van der Waals surface area contributed by atoms with E-state index < -0.39 is 0 Å². The molecule has 0 aromatic heterocycles. The summed E-state index contributed by atoms with van der Waals surface area (Å²) in [5, 5.41) is 12.5. The summed E-state index contributed by atoms with van der Waals surface area (Å²) in [5.41, 5.74) is 6.59. The van der Waals surface area contributed by atoms with Gasteiger partial charge in [0.1, 0.15) is 5.75 Å². The van der Waals surface area contributed by atoms with Gasteiger partial charge in [0, 0.05) is 28.7 Å². The fraction of sp³-hybridized carbons (Fsp3) is 0.214. The fourth-order valence-electron chi connectivity index (χ4n) is 3.29. The molecule has 0 saturated carbocycles. The van der Waals surface area contributed by atoms with Crippen LogP contribution in [0, 0.1) is 11.3 Å². The number of nitriles is 1. The van der Waals surface area contributed by atoms with Crippen molar-refractivity contribution in [2.45, 2.75) is 33.6 Å². The summed E-state index contributed by atoms with van der Waals surface area (Å²) in [6.07, 6.45) is 9.58. The molecule has 1 N–H and O–H groups in total. The Morgan fingerprint density at radius 1 is 1.28 bits per heavy atom. The lowest BCUT2D eigenvalue weighted by molar-refractivity contribution is 0.409. The van der Waals surface area contributed by atoms with Gasteiger partial charge in [0.2, 0.25) is 0 Å². The molecule has 0 aliphatic heterocycles. The van der Waals surface area contributed by atoms with Gasteiger partial charge in [0.25, 0.3) is 0 Å². The molecule has 0 fully saturated rings. The minimum Gasteiger partial charge on any atom is -0.496 e. The van der Waals surface area contributed by atoms with E-state index in [0.29, 0.717) is 11.3 Å². The van der Waals surface area contributed by atoms with Crippen LogP contribution in [0.2, 0.25) is 0 Å². The second-order valence-electron chi connectivity index (χ2n) is 7.28. The molecule has 4 nitrogen and oxygen atoms in total. The zero-order chi connectivity index (χ0) is 23.5. The van der Waals surface area contributed by atoms with E-state index in [2.05, 4.69) is 37.5 Å². The maximum absolute atomic E-state index is 9.20. The van der Waals surface area contributed by atoms with E-state index in [0.717, 1.165) is 52.4 Å². The lowest BCUT2D eigenvalue weighted by Crippen LogP contribution is -2.02. The molecule has 0 atom stereocenters. The average Bonchev–Trinajstić information content (AvgIpc) is 2.80. The number of aryl methyl sites for hydroxylation is 1. The minimum absolute atomic E-state index is 0.586. The molecule has 0 radical (unpaired) electrons. The first kappa shape index (κ1) is 24.4.